The standard InChI is InChI=1S/C13H22N2/c1-4-15(5-2)13(3,14)11-12-9-7-6-8-10-12/h6-10H,4-5,11,14H2,1-3H3. The van der Waals surface area contributed by atoms with Gasteiger partial charge in [0.05, 0.1) is 5.66 Å². The minimum Gasteiger partial charge on any atom is -0.313 e. The first kappa shape index (κ1) is 12.2. The molecule has 84 valence electrons. The van der Waals surface area contributed by atoms with Crippen LogP contribution >= 0.6 is 0 Å². The van der Waals surface area contributed by atoms with Crippen molar-refractivity contribution in [3.8, 4) is 0 Å². The summed E-state index contributed by atoms with van der Waals surface area (Å²) in [6.45, 7) is 8.40. The van der Waals surface area contributed by atoms with Gasteiger partial charge in [0, 0.05) is 6.42 Å². The minimum absolute atomic E-state index is 0.245. The predicted molar refractivity (Wildman–Crippen MR) is 65.7 cm³/mol. The molecule has 0 fully saturated rings. The molecule has 1 aromatic rings. The van der Waals surface area contributed by atoms with Gasteiger partial charge >= 0.3 is 0 Å². The van der Waals surface area contributed by atoms with E-state index in [2.05, 4.69) is 49.9 Å². The number of hydrogen-bond donors (Lipinski definition) is 1. The van der Waals surface area contributed by atoms with Crippen molar-refractivity contribution in [2.24, 2.45) is 5.73 Å². The Morgan fingerprint density at radius 1 is 1.13 bits per heavy atom. The van der Waals surface area contributed by atoms with Gasteiger partial charge in [0.15, 0.2) is 0 Å². The monoisotopic (exact) mass is 206 g/mol. The molecular weight excluding hydrogens is 184 g/mol. The Morgan fingerprint density at radius 3 is 2.13 bits per heavy atom. The molecule has 2 heteroatoms. The fraction of sp³-hybridized carbons (Fsp3) is 0.538. The van der Waals surface area contributed by atoms with Crippen LogP contribution in [0.15, 0.2) is 30.3 Å². The van der Waals surface area contributed by atoms with Crippen molar-refractivity contribution >= 4 is 0 Å². The lowest BCUT2D eigenvalue weighted by molar-refractivity contribution is 0.123. The van der Waals surface area contributed by atoms with Crippen LogP contribution < -0.4 is 5.73 Å². The van der Waals surface area contributed by atoms with Crippen molar-refractivity contribution in [3.05, 3.63) is 35.9 Å². The van der Waals surface area contributed by atoms with E-state index in [1.807, 2.05) is 6.07 Å². The molecule has 0 radical (unpaired) electrons. The highest BCUT2D eigenvalue weighted by Gasteiger charge is 2.24. The maximum atomic E-state index is 6.34. The van der Waals surface area contributed by atoms with E-state index in [9.17, 15) is 0 Å². The van der Waals surface area contributed by atoms with Crippen molar-refractivity contribution in [1.82, 2.24) is 4.90 Å². The fourth-order valence-electron chi connectivity index (χ4n) is 2.07. The van der Waals surface area contributed by atoms with Gasteiger partial charge in [-0.2, -0.15) is 0 Å². The van der Waals surface area contributed by atoms with Crippen LogP contribution in [0.2, 0.25) is 0 Å². The lowest BCUT2D eigenvalue weighted by Crippen LogP contribution is -2.55. The molecule has 0 bridgehead atoms. The van der Waals surface area contributed by atoms with Crippen LogP contribution in [-0.4, -0.2) is 23.7 Å². The van der Waals surface area contributed by atoms with E-state index >= 15 is 0 Å². The third-order valence-electron chi connectivity index (χ3n) is 2.89. The van der Waals surface area contributed by atoms with E-state index in [0.29, 0.717) is 0 Å². The Hall–Kier alpha value is -0.860. The average Bonchev–Trinajstić information content (AvgIpc) is 2.19. The molecule has 0 aliphatic rings. The minimum atomic E-state index is -0.245. The van der Waals surface area contributed by atoms with Gasteiger partial charge in [0.2, 0.25) is 0 Å². The van der Waals surface area contributed by atoms with E-state index in [0.717, 1.165) is 19.5 Å². The normalized spacial score (nSPS) is 15.3. The van der Waals surface area contributed by atoms with Gasteiger partial charge in [-0.1, -0.05) is 44.2 Å². The molecule has 0 saturated carbocycles. The maximum absolute atomic E-state index is 6.34. The second kappa shape index (κ2) is 5.29. The molecule has 1 aromatic carbocycles. The predicted octanol–water partition coefficient (Wildman–Crippen LogP) is 2.25. The first-order valence-corrected chi connectivity index (χ1v) is 5.68. The van der Waals surface area contributed by atoms with Crippen molar-refractivity contribution in [2.45, 2.75) is 32.9 Å². The Labute approximate surface area is 93.1 Å². The molecular formula is C13H22N2. The topological polar surface area (TPSA) is 29.3 Å². The Balaban J connectivity index is 2.71. The summed E-state index contributed by atoms with van der Waals surface area (Å²) in [5.41, 5.74) is 7.40. The van der Waals surface area contributed by atoms with E-state index in [-0.39, 0.29) is 5.66 Å². The van der Waals surface area contributed by atoms with E-state index in [4.69, 9.17) is 5.73 Å². The van der Waals surface area contributed by atoms with Gasteiger partial charge in [-0.05, 0) is 25.6 Å². The van der Waals surface area contributed by atoms with Crippen LogP contribution in [0.4, 0.5) is 0 Å². The number of nitrogens with two attached hydrogens (primary N) is 1. The number of rotatable bonds is 5. The molecule has 1 unspecified atom stereocenters. The zero-order chi connectivity index (χ0) is 11.3. The molecule has 0 aliphatic carbocycles. The zero-order valence-electron chi connectivity index (χ0n) is 10.0. The van der Waals surface area contributed by atoms with E-state index < -0.39 is 0 Å². The number of hydrogen-bond acceptors (Lipinski definition) is 2. The van der Waals surface area contributed by atoms with Crippen molar-refractivity contribution in [2.75, 3.05) is 13.1 Å². The molecule has 0 saturated heterocycles. The summed E-state index contributed by atoms with van der Waals surface area (Å²) < 4.78 is 0. The SMILES string of the molecule is CCN(CC)C(C)(N)Cc1ccccc1. The number of nitrogens with zero attached hydrogens (tertiary/aromatic N) is 1. The third kappa shape index (κ3) is 3.33. The summed E-state index contributed by atoms with van der Waals surface area (Å²) in [6, 6.07) is 10.4. The Morgan fingerprint density at radius 2 is 1.67 bits per heavy atom. The summed E-state index contributed by atoms with van der Waals surface area (Å²) in [6.07, 6.45) is 0.898. The lowest BCUT2D eigenvalue weighted by atomic mass is 10.0. The molecule has 15 heavy (non-hydrogen) atoms. The third-order valence-corrected chi connectivity index (χ3v) is 2.89. The van der Waals surface area contributed by atoms with Crippen molar-refractivity contribution in [1.29, 1.82) is 0 Å². The summed E-state index contributed by atoms with van der Waals surface area (Å²) in [5.74, 6) is 0. The van der Waals surface area contributed by atoms with Crippen molar-refractivity contribution in [3.63, 3.8) is 0 Å². The van der Waals surface area contributed by atoms with Gasteiger partial charge < -0.3 is 5.73 Å². The summed E-state index contributed by atoms with van der Waals surface area (Å²) >= 11 is 0. The van der Waals surface area contributed by atoms with E-state index in [1.165, 1.54) is 5.56 Å². The summed E-state index contributed by atoms with van der Waals surface area (Å²) in [5, 5.41) is 0. The largest absolute Gasteiger partial charge is 0.313 e. The first-order valence-electron chi connectivity index (χ1n) is 5.68. The maximum Gasteiger partial charge on any atom is 0.0699 e. The molecule has 1 atom stereocenters. The van der Waals surface area contributed by atoms with Crippen LogP contribution in [0.1, 0.15) is 26.3 Å². The average molecular weight is 206 g/mol. The van der Waals surface area contributed by atoms with Gasteiger partial charge in [0.1, 0.15) is 0 Å². The molecule has 0 aliphatic heterocycles. The van der Waals surface area contributed by atoms with Gasteiger partial charge in [-0.15, -0.1) is 0 Å². The fourth-order valence-corrected chi connectivity index (χ4v) is 2.07. The first-order chi connectivity index (χ1) is 7.10. The highest BCUT2D eigenvalue weighted by molar-refractivity contribution is 5.17. The Kier molecular flexibility index (Phi) is 4.30. The molecule has 1 rings (SSSR count). The molecule has 2 nitrogen and oxygen atoms in total. The van der Waals surface area contributed by atoms with Crippen molar-refractivity contribution < 1.29 is 0 Å². The number of benzene rings is 1. The zero-order valence-corrected chi connectivity index (χ0v) is 10.0. The number of likely N-dealkylation sites (N-methyl/N-ethyl adjacent to an activating group) is 1. The second-order valence-corrected chi connectivity index (χ2v) is 4.19. The highest BCUT2D eigenvalue weighted by atomic mass is 15.3. The molecule has 0 spiro atoms. The van der Waals surface area contributed by atoms with Crippen LogP contribution in [-0.2, 0) is 6.42 Å². The van der Waals surface area contributed by atoms with E-state index in [1.54, 1.807) is 0 Å². The molecule has 2 N–H and O–H groups in total. The highest BCUT2D eigenvalue weighted by Crippen LogP contribution is 2.14. The smallest absolute Gasteiger partial charge is 0.0699 e. The Bertz CT molecular complexity index is 276. The van der Waals surface area contributed by atoms with Gasteiger partial charge in [-0.3, -0.25) is 4.90 Å². The van der Waals surface area contributed by atoms with Crippen LogP contribution in [0.5, 0.6) is 0 Å². The quantitative estimate of drug-likeness (QED) is 0.749. The molecule has 0 heterocycles. The second-order valence-electron chi connectivity index (χ2n) is 4.19. The van der Waals surface area contributed by atoms with Gasteiger partial charge in [0.25, 0.3) is 0 Å². The summed E-state index contributed by atoms with van der Waals surface area (Å²) in [4.78, 5) is 2.29. The van der Waals surface area contributed by atoms with Crippen LogP contribution in [0, 0.1) is 0 Å². The van der Waals surface area contributed by atoms with Gasteiger partial charge in [-0.25, -0.2) is 0 Å². The molecule has 0 aromatic heterocycles. The van der Waals surface area contributed by atoms with Crippen LogP contribution in [0.25, 0.3) is 0 Å². The summed E-state index contributed by atoms with van der Waals surface area (Å²) in [7, 11) is 0. The van der Waals surface area contributed by atoms with Crippen LogP contribution in [0.3, 0.4) is 0 Å². The molecule has 0 amide bonds. The lowest BCUT2D eigenvalue weighted by Gasteiger charge is -2.37.